The summed E-state index contributed by atoms with van der Waals surface area (Å²) >= 11 is 0. The van der Waals surface area contributed by atoms with Crippen LogP contribution in [0.1, 0.15) is 20.7 Å². The van der Waals surface area contributed by atoms with Crippen LogP contribution >= 0.6 is 0 Å². The molecule has 1 fully saturated rings. The van der Waals surface area contributed by atoms with Crippen molar-refractivity contribution in [3.63, 3.8) is 0 Å². The summed E-state index contributed by atoms with van der Waals surface area (Å²) in [6, 6.07) is 22.8. The third kappa shape index (κ3) is 4.45. The second-order valence-corrected chi connectivity index (χ2v) is 8.17. The molecule has 0 spiro atoms. The number of fused-ring (bicyclic) bond motifs is 1. The summed E-state index contributed by atoms with van der Waals surface area (Å²) in [5.74, 6) is 0.122. The first-order chi connectivity index (χ1) is 16.6. The first-order valence-electron chi connectivity index (χ1n) is 11.1. The number of amides is 2. The summed E-state index contributed by atoms with van der Waals surface area (Å²) < 4.78 is 13.0. The van der Waals surface area contributed by atoms with E-state index < -0.39 is 0 Å². The molecular formula is C27H23FN4O2. The third-order valence-corrected chi connectivity index (χ3v) is 6.02. The summed E-state index contributed by atoms with van der Waals surface area (Å²) in [7, 11) is 0. The Bertz CT molecular complexity index is 1330. The molecule has 1 aliphatic rings. The number of rotatable bonds is 4. The van der Waals surface area contributed by atoms with Gasteiger partial charge in [-0.3, -0.25) is 9.59 Å². The number of benzene rings is 3. The number of anilines is 2. The average molecular weight is 455 g/mol. The van der Waals surface area contributed by atoms with Crippen molar-refractivity contribution in [2.24, 2.45) is 0 Å². The fourth-order valence-electron chi connectivity index (χ4n) is 4.17. The van der Waals surface area contributed by atoms with Crippen molar-refractivity contribution < 1.29 is 14.0 Å². The predicted octanol–water partition coefficient (Wildman–Crippen LogP) is 4.59. The lowest BCUT2D eigenvalue weighted by molar-refractivity contribution is 0.0748. The molecule has 1 saturated heterocycles. The molecule has 1 aliphatic heterocycles. The molecular weight excluding hydrogens is 431 g/mol. The third-order valence-electron chi connectivity index (χ3n) is 6.02. The van der Waals surface area contributed by atoms with Gasteiger partial charge in [0, 0.05) is 37.3 Å². The SMILES string of the molecule is O=C(Nc1ccc(N2CCN(C(=O)c3cccc4ccccc34)CC2)nc1)c1ccc(F)cc1. The van der Waals surface area contributed by atoms with Crippen LogP contribution in [0.25, 0.3) is 10.8 Å². The van der Waals surface area contributed by atoms with Crippen LogP contribution in [-0.4, -0.2) is 47.9 Å². The zero-order valence-corrected chi connectivity index (χ0v) is 18.4. The number of piperazine rings is 1. The number of nitrogens with zero attached hydrogens (tertiary/aromatic N) is 3. The summed E-state index contributed by atoms with van der Waals surface area (Å²) in [5, 5.41) is 4.80. The van der Waals surface area contributed by atoms with Crippen LogP contribution in [0.15, 0.2) is 85.1 Å². The molecule has 3 aromatic carbocycles. The van der Waals surface area contributed by atoms with Crippen LogP contribution in [0.2, 0.25) is 0 Å². The molecule has 0 atom stereocenters. The van der Waals surface area contributed by atoms with E-state index in [1.807, 2.05) is 53.4 Å². The highest BCUT2D eigenvalue weighted by Gasteiger charge is 2.24. The van der Waals surface area contributed by atoms with Gasteiger partial charge in [-0.05, 0) is 53.2 Å². The maximum absolute atomic E-state index is 13.2. The lowest BCUT2D eigenvalue weighted by Gasteiger charge is -2.35. The van der Waals surface area contributed by atoms with E-state index in [0.29, 0.717) is 37.4 Å². The summed E-state index contributed by atoms with van der Waals surface area (Å²) in [6.07, 6.45) is 1.60. The zero-order chi connectivity index (χ0) is 23.5. The number of hydrogen-bond donors (Lipinski definition) is 1. The second-order valence-electron chi connectivity index (χ2n) is 8.17. The van der Waals surface area contributed by atoms with Crippen molar-refractivity contribution in [3.8, 4) is 0 Å². The highest BCUT2D eigenvalue weighted by Crippen LogP contribution is 2.22. The number of carbonyl (C=O) groups is 2. The van der Waals surface area contributed by atoms with Gasteiger partial charge in [-0.25, -0.2) is 9.37 Å². The predicted molar refractivity (Wildman–Crippen MR) is 131 cm³/mol. The largest absolute Gasteiger partial charge is 0.353 e. The van der Waals surface area contributed by atoms with E-state index in [4.69, 9.17) is 0 Å². The maximum Gasteiger partial charge on any atom is 0.255 e. The highest BCUT2D eigenvalue weighted by atomic mass is 19.1. The van der Waals surface area contributed by atoms with Crippen molar-refractivity contribution in [2.75, 3.05) is 36.4 Å². The van der Waals surface area contributed by atoms with E-state index in [1.54, 1.807) is 12.3 Å². The Hall–Kier alpha value is -4.26. The molecule has 0 unspecified atom stereocenters. The van der Waals surface area contributed by atoms with E-state index in [2.05, 4.69) is 15.2 Å². The molecule has 34 heavy (non-hydrogen) atoms. The van der Waals surface area contributed by atoms with Gasteiger partial charge in [-0.1, -0.05) is 36.4 Å². The van der Waals surface area contributed by atoms with Gasteiger partial charge in [0.1, 0.15) is 11.6 Å². The Kier molecular flexibility index (Phi) is 5.91. The smallest absolute Gasteiger partial charge is 0.255 e. The Balaban J connectivity index is 1.20. The molecule has 6 nitrogen and oxygen atoms in total. The van der Waals surface area contributed by atoms with Crippen molar-refractivity contribution in [3.05, 3.63) is 102 Å². The molecule has 7 heteroatoms. The van der Waals surface area contributed by atoms with Crippen LogP contribution < -0.4 is 10.2 Å². The minimum absolute atomic E-state index is 0.0447. The summed E-state index contributed by atoms with van der Waals surface area (Å²) in [4.78, 5) is 34.0. The Morgan fingerprint density at radius 3 is 2.29 bits per heavy atom. The van der Waals surface area contributed by atoms with Crippen molar-refractivity contribution in [2.45, 2.75) is 0 Å². The van der Waals surface area contributed by atoms with Crippen molar-refractivity contribution in [1.82, 2.24) is 9.88 Å². The molecule has 1 N–H and O–H groups in total. The monoisotopic (exact) mass is 454 g/mol. The van der Waals surface area contributed by atoms with E-state index in [0.717, 1.165) is 22.2 Å². The molecule has 5 rings (SSSR count). The minimum atomic E-state index is -0.388. The fourth-order valence-corrected chi connectivity index (χ4v) is 4.17. The van der Waals surface area contributed by atoms with E-state index in [1.165, 1.54) is 24.3 Å². The molecule has 4 aromatic rings. The Morgan fingerprint density at radius 2 is 1.56 bits per heavy atom. The standard InChI is InChI=1S/C27H23FN4O2/c28-21-10-8-20(9-11-21)26(33)30-22-12-13-25(29-18-22)31-14-16-32(17-15-31)27(34)24-7-3-5-19-4-1-2-6-23(19)24/h1-13,18H,14-17H2,(H,30,33). The van der Waals surface area contributed by atoms with Gasteiger partial charge in [0.25, 0.3) is 11.8 Å². The van der Waals surface area contributed by atoms with Gasteiger partial charge in [0.05, 0.1) is 11.9 Å². The second kappa shape index (κ2) is 9.31. The van der Waals surface area contributed by atoms with Crippen LogP contribution in [-0.2, 0) is 0 Å². The molecule has 0 aliphatic carbocycles. The van der Waals surface area contributed by atoms with Gasteiger partial charge in [0.2, 0.25) is 0 Å². The minimum Gasteiger partial charge on any atom is -0.353 e. The highest BCUT2D eigenvalue weighted by molar-refractivity contribution is 6.07. The number of pyridine rings is 1. The lowest BCUT2D eigenvalue weighted by Crippen LogP contribution is -2.49. The van der Waals surface area contributed by atoms with Crippen molar-refractivity contribution in [1.29, 1.82) is 0 Å². The normalized spacial score (nSPS) is 13.7. The molecule has 2 amide bonds. The molecule has 0 bridgehead atoms. The number of aromatic nitrogens is 1. The number of halogens is 1. The number of nitrogens with one attached hydrogen (secondary N) is 1. The average Bonchev–Trinajstić information content (AvgIpc) is 2.89. The summed E-state index contributed by atoms with van der Waals surface area (Å²) in [5.41, 5.74) is 1.66. The topological polar surface area (TPSA) is 65.5 Å². The molecule has 0 saturated carbocycles. The first kappa shape index (κ1) is 21.6. The van der Waals surface area contributed by atoms with E-state index in [9.17, 15) is 14.0 Å². The molecule has 170 valence electrons. The lowest BCUT2D eigenvalue weighted by atomic mass is 10.0. The van der Waals surface area contributed by atoms with Crippen LogP contribution in [0.4, 0.5) is 15.9 Å². The van der Waals surface area contributed by atoms with Crippen LogP contribution in [0.3, 0.4) is 0 Å². The Morgan fingerprint density at radius 1 is 0.824 bits per heavy atom. The van der Waals surface area contributed by atoms with Gasteiger partial charge >= 0.3 is 0 Å². The van der Waals surface area contributed by atoms with E-state index in [-0.39, 0.29) is 17.6 Å². The maximum atomic E-state index is 13.2. The van der Waals surface area contributed by atoms with Gasteiger partial charge < -0.3 is 15.1 Å². The van der Waals surface area contributed by atoms with Gasteiger partial charge in [-0.2, -0.15) is 0 Å². The van der Waals surface area contributed by atoms with Crippen molar-refractivity contribution >= 4 is 34.1 Å². The number of carbonyl (C=O) groups excluding carboxylic acids is 2. The molecule has 2 heterocycles. The number of hydrogen-bond acceptors (Lipinski definition) is 4. The Labute approximate surface area is 196 Å². The zero-order valence-electron chi connectivity index (χ0n) is 18.4. The first-order valence-corrected chi connectivity index (χ1v) is 11.1. The van der Waals surface area contributed by atoms with Crippen LogP contribution in [0, 0.1) is 5.82 Å². The van der Waals surface area contributed by atoms with Crippen LogP contribution in [0.5, 0.6) is 0 Å². The van der Waals surface area contributed by atoms with Gasteiger partial charge in [-0.15, -0.1) is 0 Å². The molecule has 0 radical (unpaired) electrons. The fraction of sp³-hybridized carbons (Fsp3) is 0.148. The van der Waals surface area contributed by atoms with Gasteiger partial charge in [0.15, 0.2) is 0 Å². The quantitative estimate of drug-likeness (QED) is 0.490. The molecule has 1 aromatic heterocycles. The summed E-state index contributed by atoms with van der Waals surface area (Å²) in [6.45, 7) is 2.55. The van der Waals surface area contributed by atoms with E-state index >= 15 is 0 Å².